The molecule has 5 rings (SSSR count). The first-order valence-electron chi connectivity index (χ1n) is 9.98. The second-order valence-electron chi connectivity index (χ2n) is 7.45. The Balaban J connectivity index is 1.22. The summed E-state index contributed by atoms with van der Waals surface area (Å²) in [5.74, 6) is 0.0411. The lowest BCUT2D eigenvalue weighted by Crippen LogP contribution is -2.48. The summed E-state index contributed by atoms with van der Waals surface area (Å²) < 4.78 is 1.21. The third-order valence-electron chi connectivity index (χ3n) is 5.52. The van der Waals surface area contributed by atoms with E-state index in [-0.39, 0.29) is 17.9 Å². The van der Waals surface area contributed by atoms with Gasteiger partial charge in [-0.3, -0.25) is 14.5 Å². The molecule has 152 valence electrons. The van der Waals surface area contributed by atoms with Gasteiger partial charge in [0.1, 0.15) is 5.01 Å². The maximum atomic E-state index is 12.8. The number of fused-ring (bicyclic) bond motifs is 2. The van der Waals surface area contributed by atoms with Gasteiger partial charge in [0.15, 0.2) is 0 Å². The van der Waals surface area contributed by atoms with Gasteiger partial charge in [-0.2, -0.15) is 5.10 Å². The van der Waals surface area contributed by atoms with E-state index in [1.165, 1.54) is 4.70 Å². The Morgan fingerprint density at radius 2 is 1.73 bits per heavy atom. The van der Waals surface area contributed by atoms with Gasteiger partial charge >= 0.3 is 0 Å². The topological polar surface area (TPSA) is 82.2 Å². The average molecular weight is 420 g/mol. The van der Waals surface area contributed by atoms with Crippen LogP contribution in [0.15, 0.2) is 53.3 Å². The van der Waals surface area contributed by atoms with Crippen LogP contribution in [0.5, 0.6) is 0 Å². The van der Waals surface area contributed by atoms with Crippen molar-refractivity contribution in [2.24, 2.45) is 0 Å². The monoisotopic (exact) mass is 419 g/mol. The van der Waals surface area contributed by atoms with Crippen molar-refractivity contribution in [1.29, 1.82) is 0 Å². The van der Waals surface area contributed by atoms with Gasteiger partial charge in [0.05, 0.1) is 34.3 Å². The summed E-state index contributed by atoms with van der Waals surface area (Å²) in [6, 6.07) is 15.5. The van der Waals surface area contributed by atoms with Gasteiger partial charge in [0.2, 0.25) is 5.91 Å². The van der Waals surface area contributed by atoms with Crippen LogP contribution in [-0.2, 0) is 17.8 Å². The van der Waals surface area contributed by atoms with Gasteiger partial charge in [-0.1, -0.05) is 30.3 Å². The molecular weight excluding hydrogens is 398 g/mol. The zero-order valence-corrected chi connectivity index (χ0v) is 17.2. The van der Waals surface area contributed by atoms with E-state index in [4.69, 9.17) is 4.98 Å². The Bertz CT molecular complexity index is 1240. The van der Waals surface area contributed by atoms with Gasteiger partial charge < -0.3 is 4.90 Å². The maximum absolute atomic E-state index is 12.8. The fraction of sp³-hybridized carbons (Fsp3) is 0.273. The van der Waals surface area contributed by atoms with E-state index in [1.807, 2.05) is 41.3 Å². The minimum Gasteiger partial charge on any atom is -0.340 e. The Labute approximate surface area is 177 Å². The molecule has 2 aromatic carbocycles. The van der Waals surface area contributed by atoms with Crippen molar-refractivity contribution in [1.82, 2.24) is 25.0 Å². The first kappa shape index (κ1) is 18.9. The quantitative estimate of drug-likeness (QED) is 0.549. The van der Waals surface area contributed by atoms with E-state index in [2.05, 4.69) is 21.2 Å². The number of carbonyl (C=O) groups excluding carboxylic acids is 1. The number of aromatic amines is 1. The van der Waals surface area contributed by atoms with Gasteiger partial charge in [-0.05, 0) is 18.2 Å². The summed E-state index contributed by atoms with van der Waals surface area (Å²) >= 11 is 1.73. The van der Waals surface area contributed by atoms with Crippen LogP contribution in [0, 0.1) is 0 Å². The molecule has 0 atom stereocenters. The maximum Gasteiger partial charge on any atom is 0.272 e. The third kappa shape index (κ3) is 3.71. The smallest absolute Gasteiger partial charge is 0.272 e. The molecule has 0 unspecified atom stereocenters. The van der Waals surface area contributed by atoms with Crippen LogP contribution in [0.3, 0.4) is 0 Å². The fourth-order valence-corrected chi connectivity index (χ4v) is 4.91. The van der Waals surface area contributed by atoms with Crippen molar-refractivity contribution in [2.75, 3.05) is 26.2 Å². The molecule has 0 aliphatic carbocycles. The van der Waals surface area contributed by atoms with Gasteiger partial charge in [-0.25, -0.2) is 10.1 Å². The summed E-state index contributed by atoms with van der Waals surface area (Å²) in [5, 5.41) is 9.05. The van der Waals surface area contributed by atoms with Gasteiger partial charge in [0, 0.05) is 31.6 Å². The minimum absolute atomic E-state index is 0.0411. The van der Waals surface area contributed by atoms with Crippen molar-refractivity contribution in [3.05, 3.63) is 69.6 Å². The molecule has 7 nitrogen and oxygen atoms in total. The highest BCUT2D eigenvalue weighted by atomic mass is 32.1. The summed E-state index contributed by atoms with van der Waals surface area (Å²) in [4.78, 5) is 33.7. The number of hydrogen-bond acceptors (Lipinski definition) is 6. The number of rotatable bonds is 4. The van der Waals surface area contributed by atoms with Crippen LogP contribution in [0.1, 0.15) is 10.7 Å². The number of para-hydroxylation sites is 1. The highest BCUT2D eigenvalue weighted by Gasteiger charge is 2.23. The molecular formula is C22H21N5O2S. The molecule has 0 bridgehead atoms. The van der Waals surface area contributed by atoms with E-state index < -0.39 is 0 Å². The molecule has 4 aromatic rings. The largest absolute Gasteiger partial charge is 0.340 e. The molecule has 1 fully saturated rings. The fourth-order valence-electron chi connectivity index (χ4n) is 3.90. The molecule has 0 radical (unpaired) electrons. The minimum atomic E-state index is -0.231. The first-order chi connectivity index (χ1) is 14.7. The molecule has 1 amide bonds. The molecule has 30 heavy (non-hydrogen) atoms. The number of nitrogens with zero attached hydrogens (tertiary/aromatic N) is 4. The number of nitrogens with one attached hydrogen (secondary N) is 1. The van der Waals surface area contributed by atoms with Crippen LogP contribution in [0.2, 0.25) is 0 Å². The summed E-state index contributed by atoms with van der Waals surface area (Å²) in [7, 11) is 0. The van der Waals surface area contributed by atoms with E-state index in [0.717, 1.165) is 35.5 Å². The molecule has 0 spiro atoms. The summed E-state index contributed by atoms with van der Waals surface area (Å²) in [6.07, 6.45) is 0.190. The van der Waals surface area contributed by atoms with E-state index in [0.29, 0.717) is 24.2 Å². The Hall–Kier alpha value is -3.10. The van der Waals surface area contributed by atoms with Crippen molar-refractivity contribution >= 4 is 38.2 Å². The number of benzene rings is 2. The lowest BCUT2D eigenvalue weighted by Gasteiger charge is -2.34. The van der Waals surface area contributed by atoms with E-state index in [1.54, 1.807) is 17.4 Å². The molecule has 3 heterocycles. The highest BCUT2D eigenvalue weighted by molar-refractivity contribution is 7.18. The first-order valence-corrected chi connectivity index (χ1v) is 10.8. The van der Waals surface area contributed by atoms with Crippen LogP contribution in [-0.4, -0.2) is 57.1 Å². The van der Waals surface area contributed by atoms with Crippen molar-refractivity contribution in [3.63, 3.8) is 0 Å². The SMILES string of the molecule is O=C(Cc1n[nH]c(=O)c2ccccc12)N1CCN(Cc2nc3ccccc3s2)CC1. The number of carbonyl (C=O) groups is 1. The number of piperazine rings is 1. The molecule has 2 aromatic heterocycles. The van der Waals surface area contributed by atoms with Gasteiger partial charge in [-0.15, -0.1) is 11.3 Å². The summed E-state index contributed by atoms with van der Waals surface area (Å²) in [5.41, 5.74) is 1.43. The lowest BCUT2D eigenvalue weighted by atomic mass is 10.1. The second kappa shape index (κ2) is 7.97. The van der Waals surface area contributed by atoms with Crippen molar-refractivity contribution in [2.45, 2.75) is 13.0 Å². The zero-order valence-electron chi connectivity index (χ0n) is 16.4. The Kier molecular flexibility index (Phi) is 5.02. The highest BCUT2D eigenvalue weighted by Crippen LogP contribution is 2.23. The molecule has 1 saturated heterocycles. The zero-order chi connectivity index (χ0) is 20.5. The lowest BCUT2D eigenvalue weighted by molar-refractivity contribution is -0.132. The molecule has 0 saturated carbocycles. The third-order valence-corrected chi connectivity index (χ3v) is 6.54. The summed E-state index contributed by atoms with van der Waals surface area (Å²) in [6.45, 7) is 3.83. The number of thiazole rings is 1. The Morgan fingerprint density at radius 3 is 2.53 bits per heavy atom. The average Bonchev–Trinajstić information content (AvgIpc) is 3.18. The second-order valence-corrected chi connectivity index (χ2v) is 8.57. The molecule has 8 heteroatoms. The molecule has 1 aliphatic rings. The predicted octanol–water partition coefficient (Wildman–Crippen LogP) is 2.42. The van der Waals surface area contributed by atoms with Crippen molar-refractivity contribution in [3.8, 4) is 0 Å². The van der Waals surface area contributed by atoms with Crippen LogP contribution >= 0.6 is 11.3 Å². The number of aromatic nitrogens is 3. The number of amides is 1. The van der Waals surface area contributed by atoms with Crippen LogP contribution in [0.4, 0.5) is 0 Å². The predicted molar refractivity (Wildman–Crippen MR) is 118 cm³/mol. The van der Waals surface area contributed by atoms with Crippen LogP contribution < -0.4 is 5.56 Å². The normalized spacial score (nSPS) is 15.1. The molecule has 1 N–H and O–H groups in total. The molecule has 1 aliphatic heterocycles. The number of hydrogen-bond donors (Lipinski definition) is 1. The standard InChI is InChI=1S/C22H21N5O2S/c28-21(13-18-15-5-1-2-6-16(15)22(29)25-24-18)27-11-9-26(10-12-27)14-20-23-17-7-3-4-8-19(17)30-20/h1-8H,9-14H2,(H,25,29). The van der Waals surface area contributed by atoms with Crippen molar-refractivity contribution < 1.29 is 4.79 Å². The van der Waals surface area contributed by atoms with Gasteiger partial charge in [0.25, 0.3) is 5.56 Å². The van der Waals surface area contributed by atoms with E-state index >= 15 is 0 Å². The van der Waals surface area contributed by atoms with E-state index in [9.17, 15) is 9.59 Å². The van der Waals surface area contributed by atoms with Crippen LogP contribution in [0.25, 0.3) is 21.0 Å². The Morgan fingerprint density at radius 1 is 1.00 bits per heavy atom. The number of H-pyrrole nitrogens is 1.